The standard InChI is InChI=1S/C14H13N5O2S2/c1-19-5-4-11(18-19)16-12(20)7-9-8-23-14(15-9)17-13(21)10-3-2-6-22-10/h2-6,8H,7H2,1H3,(H,15,17,21)(H,16,18,20). The number of carbonyl (C=O) groups excluding carboxylic acids is 2. The van der Waals surface area contributed by atoms with Gasteiger partial charge >= 0.3 is 0 Å². The molecule has 0 atom stereocenters. The van der Waals surface area contributed by atoms with Crippen LogP contribution in [0.2, 0.25) is 0 Å². The lowest BCUT2D eigenvalue weighted by Crippen LogP contribution is -2.15. The first kappa shape index (κ1) is 15.4. The Balaban J connectivity index is 1.56. The molecule has 2 amide bonds. The fourth-order valence-electron chi connectivity index (χ4n) is 1.85. The van der Waals surface area contributed by atoms with Crippen molar-refractivity contribution in [3.8, 4) is 0 Å². The van der Waals surface area contributed by atoms with E-state index < -0.39 is 0 Å². The van der Waals surface area contributed by atoms with Gasteiger partial charge in [0, 0.05) is 24.7 Å². The normalized spacial score (nSPS) is 10.5. The van der Waals surface area contributed by atoms with E-state index in [-0.39, 0.29) is 18.2 Å². The second-order valence-corrected chi connectivity index (χ2v) is 6.48. The van der Waals surface area contributed by atoms with Crippen LogP contribution in [0.25, 0.3) is 0 Å². The SMILES string of the molecule is Cn1ccc(NC(=O)Cc2csc(NC(=O)c3cccs3)n2)n1. The lowest BCUT2D eigenvalue weighted by atomic mass is 10.3. The predicted octanol–water partition coefficient (Wildman–Crippen LogP) is 2.37. The Morgan fingerprint density at radius 3 is 2.83 bits per heavy atom. The molecule has 0 radical (unpaired) electrons. The van der Waals surface area contributed by atoms with E-state index in [0.717, 1.165) is 0 Å². The van der Waals surface area contributed by atoms with Crippen LogP contribution >= 0.6 is 22.7 Å². The van der Waals surface area contributed by atoms with Gasteiger partial charge in [0.25, 0.3) is 5.91 Å². The van der Waals surface area contributed by atoms with Gasteiger partial charge in [-0.25, -0.2) is 4.98 Å². The first-order chi connectivity index (χ1) is 11.1. The van der Waals surface area contributed by atoms with Crippen LogP contribution in [-0.2, 0) is 18.3 Å². The molecule has 3 heterocycles. The van der Waals surface area contributed by atoms with Crippen LogP contribution in [0.5, 0.6) is 0 Å². The number of nitrogens with zero attached hydrogens (tertiary/aromatic N) is 3. The Bertz CT molecular complexity index is 822. The molecule has 9 heteroatoms. The Morgan fingerprint density at radius 1 is 1.26 bits per heavy atom. The minimum Gasteiger partial charge on any atom is -0.309 e. The number of anilines is 2. The van der Waals surface area contributed by atoms with Gasteiger partial charge in [-0.1, -0.05) is 6.07 Å². The van der Waals surface area contributed by atoms with Crippen molar-refractivity contribution in [1.29, 1.82) is 0 Å². The summed E-state index contributed by atoms with van der Waals surface area (Å²) in [5, 5.41) is 13.6. The maximum atomic E-state index is 11.9. The summed E-state index contributed by atoms with van der Waals surface area (Å²) >= 11 is 2.65. The number of rotatable bonds is 5. The summed E-state index contributed by atoms with van der Waals surface area (Å²) < 4.78 is 1.61. The van der Waals surface area contributed by atoms with Crippen molar-refractivity contribution in [1.82, 2.24) is 14.8 Å². The van der Waals surface area contributed by atoms with Crippen molar-refractivity contribution in [3.05, 3.63) is 45.7 Å². The van der Waals surface area contributed by atoms with Crippen molar-refractivity contribution >= 4 is 45.4 Å². The number of carbonyl (C=O) groups is 2. The molecule has 2 N–H and O–H groups in total. The van der Waals surface area contributed by atoms with E-state index in [1.165, 1.54) is 22.7 Å². The smallest absolute Gasteiger partial charge is 0.267 e. The Hall–Kier alpha value is -2.52. The Labute approximate surface area is 140 Å². The molecule has 3 aromatic heterocycles. The van der Waals surface area contributed by atoms with Gasteiger partial charge in [-0.2, -0.15) is 5.10 Å². The number of hydrogen-bond donors (Lipinski definition) is 2. The maximum absolute atomic E-state index is 11.9. The van der Waals surface area contributed by atoms with Crippen LogP contribution < -0.4 is 10.6 Å². The third kappa shape index (κ3) is 4.02. The second kappa shape index (κ2) is 6.71. The highest BCUT2D eigenvalue weighted by atomic mass is 32.1. The van der Waals surface area contributed by atoms with E-state index >= 15 is 0 Å². The van der Waals surface area contributed by atoms with E-state index in [1.807, 2.05) is 11.4 Å². The molecule has 0 spiro atoms. The number of amides is 2. The fourth-order valence-corrected chi connectivity index (χ4v) is 3.17. The lowest BCUT2D eigenvalue weighted by molar-refractivity contribution is -0.115. The number of thiazole rings is 1. The van der Waals surface area contributed by atoms with E-state index in [1.54, 1.807) is 35.4 Å². The zero-order chi connectivity index (χ0) is 16.2. The van der Waals surface area contributed by atoms with Gasteiger partial charge < -0.3 is 5.32 Å². The molecule has 3 aromatic rings. The van der Waals surface area contributed by atoms with Gasteiger partial charge in [0.05, 0.1) is 17.0 Å². The topological polar surface area (TPSA) is 88.9 Å². The van der Waals surface area contributed by atoms with Gasteiger partial charge in [-0.15, -0.1) is 22.7 Å². The number of hydrogen-bond acceptors (Lipinski definition) is 6. The van der Waals surface area contributed by atoms with Crippen molar-refractivity contribution in [2.24, 2.45) is 7.05 Å². The van der Waals surface area contributed by atoms with Crippen molar-refractivity contribution in [2.45, 2.75) is 6.42 Å². The fraction of sp³-hybridized carbons (Fsp3) is 0.143. The van der Waals surface area contributed by atoms with Crippen LogP contribution in [-0.4, -0.2) is 26.6 Å². The lowest BCUT2D eigenvalue weighted by Gasteiger charge is -2.00. The van der Waals surface area contributed by atoms with E-state index in [4.69, 9.17) is 0 Å². The molecular weight excluding hydrogens is 334 g/mol. The quantitative estimate of drug-likeness (QED) is 0.741. The first-order valence-electron chi connectivity index (χ1n) is 6.69. The molecule has 0 unspecified atom stereocenters. The summed E-state index contributed by atoms with van der Waals surface area (Å²) in [6.07, 6.45) is 1.87. The molecule has 0 saturated heterocycles. The number of thiophene rings is 1. The minimum atomic E-state index is -0.204. The molecule has 7 nitrogen and oxygen atoms in total. The first-order valence-corrected chi connectivity index (χ1v) is 8.45. The largest absolute Gasteiger partial charge is 0.309 e. The number of aryl methyl sites for hydroxylation is 1. The van der Waals surface area contributed by atoms with Crippen LogP contribution in [0.4, 0.5) is 10.9 Å². The molecule has 0 saturated carbocycles. The molecule has 3 rings (SSSR count). The molecule has 0 bridgehead atoms. The molecule has 0 fully saturated rings. The number of nitrogens with one attached hydrogen (secondary N) is 2. The number of aromatic nitrogens is 3. The average Bonchev–Trinajstić information content (AvgIpc) is 3.21. The minimum absolute atomic E-state index is 0.127. The van der Waals surface area contributed by atoms with Gasteiger partial charge in [-0.05, 0) is 11.4 Å². The molecular formula is C14H13N5O2S2. The van der Waals surface area contributed by atoms with Gasteiger partial charge in [0.15, 0.2) is 10.9 Å². The summed E-state index contributed by atoms with van der Waals surface area (Å²) in [5.41, 5.74) is 0.602. The molecule has 23 heavy (non-hydrogen) atoms. The Morgan fingerprint density at radius 2 is 2.13 bits per heavy atom. The summed E-state index contributed by atoms with van der Waals surface area (Å²) in [4.78, 5) is 28.7. The summed E-state index contributed by atoms with van der Waals surface area (Å²) in [7, 11) is 1.78. The molecule has 0 aromatic carbocycles. The van der Waals surface area contributed by atoms with Gasteiger partial charge in [-0.3, -0.25) is 19.6 Å². The van der Waals surface area contributed by atoms with Crippen molar-refractivity contribution in [3.63, 3.8) is 0 Å². The predicted molar refractivity (Wildman–Crippen MR) is 89.9 cm³/mol. The Kier molecular flexibility index (Phi) is 4.49. The van der Waals surface area contributed by atoms with Crippen LogP contribution in [0, 0.1) is 0 Å². The zero-order valence-corrected chi connectivity index (χ0v) is 13.8. The van der Waals surface area contributed by atoms with Gasteiger partial charge in [0.2, 0.25) is 5.91 Å². The summed E-state index contributed by atoms with van der Waals surface area (Å²) in [6.45, 7) is 0. The molecule has 0 aliphatic heterocycles. The van der Waals surface area contributed by atoms with Crippen LogP contribution in [0.1, 0.15) is 15.4 Å². The van der Waals surface area contributed by atoms with E-state index in [2.05, 4.69) is 20.7 Å². The molecule has 0 aliphatic rings. The van der Waals surface area contributed by atoms with Crippen LogP contribution in [0.15, 0.2) is 35.2 Å². The monoisotopic (exact) mass is 347 g/mol. The second-order valence-electron chi connectivity index (χ2n) is 4.68. The highest BCUT2D eigenvalue weighted by molar-refractivity contribution is 7.14. The van der Waals surface area contributed by atoms with E-state index in [0.29, 0.717) is 21.5 Å². The van der Waals surface area contributed by atoms with Crippen molar-refractivity contribution < 1.29 is 9.59 Å². The summed E-state index contributed by atoms with van der Waals surface area (Å²) in [5.74, 6) is 0.0999. The highest BCUT2D eigenvalue weighted by Gasteiger charge is 2.12. The van der Waals surface area contributed by atoms with Gasteiger partial charge in [0.1, 0.15) is 0 Å². The highest BCUT2D eigenvalue weighted by Crippen LogP contribution is 2.18. The molecule has 118 valence electrons. The maximum Gasteiger partial charge on any atom is 0.267 e. The van der Waals surface area contributed by atoms with E-state index in [9.17, 15) is 9.59 Å². The van der Waals surface area contributed by atoms with Crippen molar-refractivity contribution in [2.75, 3.05) is 10.6 Å². The molecule has 0 aliphatic carbocycles. The third-order valence-corrected chi connectivity index (χ3v) is 4.52. The summed E-state index contributed by atoms with van der Waals surface area (Å²) in [6, 6.07) is 5.27. The average molecular weight is 347 g/mol. The van der Waals surface area contributed by atoms with Crippen LogP contribution in [0.3, 0.4) is 0 Å². The zero-order valence-electron chi connectivity index (χ0n) is 12.1. The third-order valence-electron chi connectivity index (χ3n) is 2.84.